The summed E-state index contributed by atoms with van der Waals surface area (Å²) < 4.78 is 46.7. The average molecular weight is 552 g/mol. The molecule has 37 heavy (non-hydrogen) atoms. The van der Waals surface area contributed by atoms with Gasteiger partial charge in [0.15, 0.2) is 0 Å². The number of anilines is 1. The van der Waals surface area contributed by atoms with Gasteiger partial charge in [0.25, 0.3) is 0 Å². The maximum atomic E-state index is 13.6. The summed E-state index contributed by atoms with van der Waals surface area (Å²) in [6.07, 6.45) is -2.25. The highest BCUT2D eigenvalue weighted by Crippen LogP contribution is 2.39. The zero-order chi connectivity index (χ0) is 26.7. The monoisotopic (exact) mass is 551 g/mol. The number of likely N-dealkylation sites (N-methyl/N-ethyl adjacent to an activating group) is 1. The van der Waals surface area contributed by atoms with Crippen LogP contribution in [-0.2, 0) is 12.8 Å². The number of carbonyl (C=O) groups is 1. The lowest BCUT2D eigenvalue weighted by Gasteiger charge is -2.21. The fourth-order valence-electron chi connectivity index (χ4n) is 3.96. The summed E-state index contributed by atoms with van der Waals surface area (Å²) in [5.41, 5.74) is 4.26. The maximum absolute atomic E-state index is 13.6. The van der Waals surface area contributed by atoms with Crippen molar-refractivity contribution in [1.29, 1.82) is 0 Å². The van der Waals surface area contributed by atoms with Crippen molar-refractivity contribution in [1.82, 2.24) is 14.9 Å². The SMILES string of the molecule is CN(C)[C@@H]1CCN(c2ncc(Sc3ccc(C(N)=O)c(C(F)(F)F)c3)c(OCc3cccc(Cl)c3)n2)C1. The van der Waals surface area contributed by atoms with Crippen molar-refractivity contribution >= 4 is 35.2 Å². The standard InChI is InChI=1S/C25H25ClF3N5O2S/c1-33(2)17-8-9-34(13-17)24-31-12-21(23(32-24)36-14-15-4-3-5-16(26)10-15)37-18-6-7-19(22(30)35)20(11-18)25(27,28)29/h3-7,10-12,17H,8-9,13-14H2,1-2H3,(H2,30,35)/t17-/m1/s1. The molecule has 1 aromatic heterocycles. The largest absolute Gasteiger partial charge is 0.472 e. The van der Waals surface area contributed by atoms with Crippen LogP contribution in [0.3, 0.4) is 0 Å². The number of hydrogen-bond donors (Lipinski definition) is 1. The smallest absolute Gasteiger partial charge is 0.417 e. The Hall–Kier alpha value is -3.02. The first-order valence-corrected chi connectivity index (χ1v) is 12.6. The van der Waals surface area contributed by atoms with Gasteiger partial charge < -0.3 is 20.3 Å². The Morgan fingerprint density at radius 2 is 2.05 bits per heavy atom. The van der Waals surface area contributed by atoms with Gasteiger partial charge in [0.1, 0.15) is 6.61 Å². The van der Waals surface area contributed by atoms with E-state index in [0.29, 0.717) is 21.9 Å². The molecule has 1 aliphatic heterocycles. The molecule has 0 unspecified atom stereocenters. The van der Waals surface area contributed by atoms with E-state index in [0.717, 1.165) is 49.0 Å². The highest BCUT2D eigenvalue weighted by molar-refractivity contribution is 7.99. The average Bonchev–Trinajstić information content (AvgIpc) is 3.34. The van der Waals surface area contributed by atoms with Crippen molar-refractivity contribution in [2.24, 2.45) is 5.73 Å². The fraction of sp³-hybridized carbons (Fsp3) is 0.320. The van der Waals surface area contributed by atoms with Crippen molar-refractivity contribution < 1.29 is 22.7 Å². The number of nitrogens with zero attached hydrogens (tertiary/aromatic N) is 4. The van der Waals surface area contributed by atoms with Crippen LogP contribution in [0, 0.1) is 0 Å². The number of alkyl halides is 3. The molecular weight excluding hydrogens is 527 g/mol. The number of ether oxygens (including phenoxy) is 1. The van der Waals surface area contributed by atoms with Crippen molar-refractivity contribution in [2.75, 3.05) is 32.1 Å². The maximum Gasteiger partial charge on any atom is 0.417 e. The highest BCUT2D eigenvalue weighted by Gasteiger charge is 2.35. The van der Waals surface area contributed by atoms with Gasteiger partial charge in [0, 0.05) is 29.0 Å². The molecule has 12 heteroatoms. The van der Waals surface area contributed by atoms with Crippen molar-refractivity contribution in [3.8, 4) is 5.88 Å². The molecule has 0 bridgehead atoms. The first-order chi connectivity index (χ1) is 17.5. The van der Waals surface area contributed by atoms with Crippen LogP contribution in [0.2, 0.25) is 5.02 Å². The minimum Gasteiger partial charge on any atom is -0.472 e. The van der Waals surface area contributed by atoms with Crippen LogP contribution in [0.4, 0.5) is 19.1 Å². The molecule has 2 aromatic carbocycles. The Bertz CT molecular complexity index is 1290. The molecule has 0 spiro atoms. The lowest BCUT2D eigenvalue weighted by molar-refractivity contribution is -0.138. The second-order valence-electron chi connectivity index (χ2n) is 8.78. The Balaban J connectivity index is 1.65. The molecule has 1 amide bonds. The summed E-state index contributed by atoms with van der Waals surface area (Å²) in [5, 5.41) is 0.556. The van der Waals surface area contributed by atoms with Crippen LogP contribution in [0.25, 0.3) is 0 Å². The number of primary amides is 1. The van der Waals surface area contributed by atoms with E-state index >= 15 is 0 Å². The topological polar surface area (TPSA) is 84.6 Å². The van der Waals surface area contributed by atoms with E-state index in [1.165, 1.54) is 6.07 Å². The second-order valence-corrected chi connectivity index (χ2v) is 10.3. The van der Waals surface area contributed by atoms with Gasteiger partial charge in [-0.05, 0) is 56.4 Å². The van der Waals surface area contributed by atoms with E-state index in [1.54, 1.807) is 24.4 Å². The first kappa shape index (κ1) is 27.0. The van der Waals surface area contributed by atoms with Crippen molar-refractivity contribution in [2.45, 2.75) is 35.0 Å². The Labute approximate surface area is 221 Å². The van der Waals surface area contributed by atoms with Crippen LogP contribution in [0.1, 0.15) is 27.9 Å². The lowest BCUT2D eigenvalue weighted by atomic mass is 10.1. The summed E-state index contributed by atoms with van der Waals surface area (Å²) in [4.78, 5) is 25.5. The number of aromatic nitrogens is 2. The third-order valence-electron chi connectivity index (χ3n) is 5.94. The molecule has 7 nitrogen and oxygen atoms in total. The Kier molecular flexibility index (Phi) is 8.15. The van der Waals surface area contributed by atoms with Gasteiger partial charge in [-0.1, -0.05) is 35.5 Å². The molecule has 1 aliphatic rings. The quantitative estimate of drug-likeness (QED) is 0.416. The van der Waals surface area contributed by atoms with Crippen molar-refractivity contribution in [3.05, 3.63) is 70.4 Å². The van der Waals surface area contributed by atoms with Gasteiger partial charge in [-0.25, -0.2) is 4.98 Å². The summed E-state index contributed by atoms with van der Waals surface area (Å²) in [6, 6.07) is 10.9. The van der Waals surface area contributed by atoms with Crippen molar-refractivity contribution in [3.63, 3.8) is 0 Å². The fourth-order valence-corrected chi connectivity index (χ4v) is 5.04. The van der Waals surface area contributed by atoms with Crippen LogP contribution < -0.4 is 15.4 Å². The summed E-state index contributed by atoms with van der Waals surface area (Å²) >= 11 is 7.09. The van der Waals surface area contributed by atoms with E-state index in [-0.39, 0.29) is 17.4 Å². The highest BCUT2D eigenvalue weighted by atomic mass is 35.5. The zero-order valence-electron chi connectivity index (χ0n) is 20.1. The molecular formula is C25H25ClF3N5O2S. The third kappa shape index (κ3) is 6.65. The predicted molar refractivity (Wildman–Crippen MR) is 136 cm³/mol. The lowest BCUT2D eigenvalue weighted by Crippen LogP contribution is -2.32. The Morgan fingerprint density at radius 1 is 1.27 bits per heavy atom. The normalized spacial score (nSPS) is 15.9. The summed E-state index contributed by atoms with van der Waals surface area (Å²) in [7, 11) is 4.04. The van der Waals surface area contributed by atoms with Gasteiger partial charge in [-0.3, -0.25) is 4.79 Å². The summed E-state index contributed by atoms with van der Waals surface area (Å²) in [6.45, 7) is 1.67. The summed E-state index contributed by atoms with van der Waals surface area (Å²) in [5.74, 6) is -0.436. The van der Waals surface area contributed by atoms with Crippen LogP contribution in [0.15, 0.2) is 58.5 Å². The van der Waals surface area contributed by atoms with Gasteiger partial charge >= 0.3 is 6.18 Å². The number of hydrogen-bond acceptors (Lipinski definition) is 7. The van der Waals surface area contributed by atoms with Gasteiger partial charge in [0.05, 0.1) is 22.2 Å². The van der Waals surface area contributed by atoms with E-state index in [9.17, 15) is 18.0 Å². The molecule has 1 atom stereocenters. The number of amides is 1. The molecule has 2 N–H and O–H groups in total. The molecule has 4 rings (SSSR count). The molecule has 3 aromatic rings. The van der Waals surface area contributed by atoms with Crippen LogP contribution in [-0.4, -0.2) is 54.0 Å². The van der Waals surface area contributed by atoms with E-state index in [2.05, 4.69) is 19.8 Å². The number of benzene rings is 2. The third-order valence-corrected chi connectivity index (χ3v) is 7.17. The first-order valence-electron chi connectivity index (χ1n) is 11.4. The molecule has 0 radical (unpaired) electrons. The molecule has 196 valence electrons. The van der Waals surface area contributed by atoms with Gasteiger partial charge in [-0.15, -0.1) is 0 Å². The van der Waals surface area contributed by atoms with Gasteiger partial charge in [0.2, 0.25) is 17.7 Å². The van der Waals surface area contributed by atoms with Gasteiger partial charge in [-0.2, -0.15) is 18.2 Å². The van der Waals surface area contributed by atoms with Crippen LogP contribution >= 0.6 is 23.4 Å². The zero-order valence-corrected chi connectivity index (χ0v) is 21.7. The minimum atomic E-state index is -4.74. The molecule has 2 heterocycles. The Morgan fingerprint density at radius 3 is 2.70 bits per heavy atom. The van der Waals surface area contributed by atoms with Crippen LogP contribution in [0.5, 0.6) is 5.88 Å². The second kappa shape index (κ2) is 11.2. The number of rotatable bonds is 8. The molecule has 0 aliphatic carbocycles. The molecule has 1 saturated heterocycles. The predicted octanol–water partition coefficient (Wildman–Crippen LogP) is 5.12. The number of halogens is 4. The minimum absolute atomic E-state index is 0.152. The molecule has 0 saturated carbocycles. The van der Waals surface area contributed by atoms with E-state index < -0.39 is 23.2 Å². The van der Waals surface area contributed by atoms with E-state index in [4.69, 9.17) is 22.1 Å². The number of nitrogens with two attached hydrogens (primary N) is 1. The number of carbonyl (C=O) groups excluding carboxylic acids is 1. The van der Waals surface area contributed by atoms with E-state index in [1.807, 2.05) is 20.2 Å². The molecule has 1 fully saturated rings.